The van der Waals surface area contributed by atoms with E-state index in [-0.39, 0.29) is 11.3 Å². The van der Waals surface area contributed by atoms with Gasteiger partial charge in [0.15, 0.2) is 0 Å². The number of ketones is 1. The van der Waals surface area contributed by atoms with Crippen LogP contribution in [0.1, 0.15) is 49.1 Å². The van der Waals surface area contributed by atoms with Crippen molar-refractivity contribution in [2.45, 2.75) is 40.2 Å². The van der Waals surface area contributed by atoms with E-state index in [9.17, 15) is 14.7 Å². The molecular weight excluding hydrogens is 428 g/mol. The molecule has 1 heterocycles. The fraction of sp³-hybridized carbons (Fsp3) is 0.429. The molecule has 2 aromatic carbocycles. The summed E-state index contributed by atoms with van der Waals surface area (Å²) in [4.78, 5) is 29.7. The minimum Gasteiger partial charge on any atom is -0.507 e. The molecule has 1 fully saturated rings. The molecule has 1 atom stereocenters. The van der Waals surface area contributed by atoms with Crippen LogP contribution in [0.15, 0.2) is 48.0 Å². The number of likely N-dealkylation sites (tertiary alicyclic amines) is 1. The number of hydrogen-bond donors (Lipinski definition) is 1. The standard InChI is InChI=1S/C28H36N2O4/c1-7-20-8-10-21(11-9-20)25-24(27(32)28(33)30(25)15-14-29(5)6)26(31)22-12-13-23(19(4)16-22)34-17-18(2)3/h8-13,16,18,25,31H,7,14-15,17H2,1-6H3/b26-24+/t25-/m1/s1. The molecule has 0 aliphatic carbocycles. The minimum absolute atomic E-state index is 0.128. The van der Waals surface area contributed by atoms with Crippen molar-refractivity contribution < 1.29 is 19.4 Å². The van der Waals surface area contributed by atoms with Crippen LogP contribution in [0.3, 0.4) is 0 Å². The van der Waals surface area contributed by atoms with Gasteiger partial charge in [0.05, 0.1) is 18.2 Å². The first-order valence-electron chi connectivity index (χ1n) is 11.9. The van der Waals surface area contributed by atoms with E-state index in [1.54, 1.807) is 23.1 Å². The third-order valence-corrected chi connectivity index (χ3v) is 6.05. The van der Waals surface area contributed by atoms with Crippen LogP contribution in [-0.4, -0.2) is 60.4 Å². The summed E-state index contributed by atoms with van der Waals surface area (Å²) in [5.74, 6) is -0.262. The molecule has 1 aliphatic heterocycles. The summed E-state index contributed by atoms with van der Waals surface area (Å²) in [5, 5.41) is 11.3. The maximum atomic E-state index is 13.2. The molecule has 1 N–H and O–H groups in total. The number of nitrogens with zero attached hydrogens (tertiary/aromatic N) is 2. The van der Waals surface area contributed by atoms with Crippen molar-refractivity contribution in [3.05, 3.63) is 70.3 Å². The Morgan fingerprint density at radius 1 is 1.12 bits per heavy atom. The van der Waals surface area contributed by atoms with Gasteiger partial charge in [0.25, 0.3) is 11.7 Å². The van der Waals surface area contributed by atoms with Crippen LogP contribution in [0.5, 0.6) is 5.75 Å². The van der Waals surface area contributed by atoms with Crippen molar-refractivity contribution in [1.29, 1.82) is 0 Å². The number of likely N-dealkylation sites (N-methyl/N-ethyl adjacent to an activating group) is 1. The molecule has 0 unspecified atom stereocenters. The maximum Gasteiger partial charge on any atom is 0.295 e. The van der Waals surface area contributed by atoms with Crippen LogP contribution in [-0.2, 0) is 16.0 Å². The summed E-state index contributed by atoms with van der Waals surface area (Å²) >= 11 is 0. The number of hydrogen-bond acceptors (Lipinski definition) is 5. The van der Waals surface area contributed by atoms with Crippen LogP contribution in [0.2, 0.25) is 0 Å². The van der Waals surface area contributed by atoms with Gasteiger partial charge in [-0.3, -0.25) is 9.59 Å². The first-order chi connectivity index (χ1) is 16.1. The molecule has 0 radical (unpaired) electrons. The molecule has 34 heavy (non-hydrogen) atoms. The minimum atomic E-state index is -0.654. The molecule has 0 spiro atoms. The van der Waals surface area contributed by atoms with E-state index in [0.717, 1.165) is 23.3 Å². The number of carbonyl (C=O) groups is 2. The summed E-state index contributed by atoms with van der Waals surface area (Å²) in [6.45, 7) is 9.73. The zero-order chi connectivity index (χ0) is 25.0. The van der Waals surface area contributed by atoms with Gasteiger partial charge in [0.2, 0.25) is 0 Å². The van der Waals surface area contributed by atoms with Gasteiger partial charge >= 0.3 is 0 Å². The maximum absolute atomic E-state index is 13.2. The number of aliphatic hydroxyl groups excluding tert-OH is 1. The molecule has 3 rings (SSSR count). The number of ether oxygens (including phenoxy) is 1. The molecule has 1 aliphatic rings. The van der Waals surface area contributed by atoms with Crippen LogP contribution < -0.4 is 4.74 Å². The summed E-state index contributed by atoms with van der Waals surface area (Å²) in [5.41, 5.74) is 3.46. The molecule has 1 saturated heterocycles. The second kappa shape index (κ2) is 10.9. The molecule has 182 valence electrons. The molecule has 1 amide bonds. The van der Waals surface area contributed by atoms with Crippen LogP contribution in [0.4, 0.5) is 0 Å². The fourth-order valence-electron chi connectivity index (χ4n) is 4.07. The van der Waals surface area contributed by atoms with E-state index in [0.29, 0.717) is 31.2 Å². The largest absolute Gasteiger partial charge is 0.507 e. The number of aryl methyl sites for hydroxylation is 2. The van der Waals surface area contributed by atoms with Crippen molar-refractivity contribution in [3.8, 4) is 5.75 Å². The Kier molecular flexibility index (Phi) is 8.15. The third kappa shape index (κ3) is 5.50. The van der Waals surface area contributed by atoms with E-state index in [1.165, 1.54) is 5.56 Å². The van der Waals surface area contributed by atoms with E-state index in [4.69, 9.17) is 4.74 Å². The number of carbonyl (C=O) groups excluding carboxylic acids is 2. The van der Waals surface area contributed by atoms with Crippen molar-refractivity contribution in [3.63, 3.8) is 0 Å². The molecule has 0 bridgehead atoms. The Labute approximate surface area is 202 Å². The number of amides is 1. The first-order valence-corrected chi connectivity index (χ1v) is 11.9. The van der Waals surface area contributed by atoms with E-state index >= 15 is 0 Å². The summed E-state index contributed by atoms with van der Waals surface area (Å²) in [6, 6.07) is 12.6. The highest BCUT2D eigenvalue weighted by atomic mass is 16.5. The Balaban J connectivity index is 2.06. The predicted octanol–water partition coefficient (Wildman–Crippen LogP) is 4.58. The summed E-state index contributed by atoms with van der Waals surface area (Å²) in [7, 11) is 3.85. The second-order valence-electron chi connectivity index (χ2n) is 9.58. The third-order valence-electron chi connectivity index (χ3n) is 6.05. The van der Waals surface area contributed by atoms with Gasteiger partial charge in [0.1, 0.15) is 11.5 Å². The molecule has 0 saturated carbocycles. The number of Topliss-reactive ketones (excluding diaryl/α,β-unsaturated/α-hetero) is 1. The lowest BCUT2D eigenvalue weighted by Crippen LogP contribution is -2.35. The lowest BCUT2D eigenvalue weighted by Gasteiger charge is -2.26. The molecule has 6 heteroatoms. The van der Waals surface area contributed by atoms with E-state index in [1.807, 2.05) is 50.2 Å². The van der Waals surface area contributed by atoms with E-state index in [2.05, 4.69) is 20.8 Å². The Morgan fingerprint density at radius 2 is 1.79 bits per heavy atom. The zero-order valence-corrected chi connectivity index (χ0v) is 21.1. The topological polar surface area (TPSA) is 70.1 Å². The first kappa shape index (κ1) is 25.5. The SMILES string of the molecule is CCc1ccc([C@@H]2/C(=C(\O)c3ccc(OCC(C)C)c(C)c3)C(=O)C(=O)N2CCN(C)C)cc1. The Bertz CT molecular complexity index is 1070. The van der Waals surface area contributed by atoms with Gasteiger partial charge < -0.3 is 19.6 Å². The zero-order valence-electron chi connectivity index (χ0n) is 21.1. The van der Waals surface area contributed by atoms with Crippen LogP contribution >= 0.6 is 0 Å². The fourth-order valence-corrected chi connectivity index (χ4v) is 4.07. The van der Waals surface area contributed by atoms with Gasteiger partial charge in [0, 0.05) is 18.7 Å². The van der Waals surface area contributed by atoms with Gasteiger partial charge in [-0.1, -0.05) is 45.0 Å². The lowest BCUT2D eigenvalue weighted by molar-refractivity contribution is -0.140. The summed E-state index contributed by atoms with van der Waals surface area (Å²) in [6.07, 6.45) is 0.894. The molecule has 2 aromatic rings. The van der Waals surface area contributed by atoms with Gasteiger partial charge in [-0.15, -0.1) is 0 Å². The predicted molar refractivity (Wildman–Crippen MR) is 135 cm³/mol. The highest BCUT2D eigenvalue weighted by molar-refractivity contribution is 6.46. The number of aliphatic hydroxyl groups is 1. The molecule has 0 aromatic heterocycles. The van der Waals surface area contributed by atoms with Crippen LogP contribution in [0, 0.1) is 12.8 Å². The van der Waals surface area contributed by atoms with Gasteiger partial charge in [-0.2, -0.15) is 0 Å². The summed E-state index contributed by atoms with van der Waals surface area (Å²) < 4.78 is 5.85. The van der Waals surface area contributed by atoms with Gasteiger partial charge in [-0.25, -0.2) is 0 Å². The van der Waals surface area contributed by atoms with Crippen molar-refractivity contribution in [1.82, 2.24) is 9.80 Å². The average Bonchev–Trinajstić information content (AvgIpc) is 3.06. The Morgan fingerprint density at radius 3 is 2.35 bits per heavy atom. The highest BCUT2D eigenvalue weighted by Crippen LogP contribution is 2.39. The van der Waals surface area contributed by atoms with E-state index < -0.39 is 17.7 Å². The van der Waals surface area contributed by atoms with Crippen molar-refractivity contribution >= 4 is 17.4 Å². The Hall–Kier alpha value is -3.12. The lowest BCUT2D eigenvalue weighted by atomic mass is 9.94. The number of benzene rings is 2. The molecule has 6 nitrogen and oxygen atoms in total. The second-order valence-corrected chi connectivity index (χ2v) is 9.58. The normalized spacial score (nSPS) is 17.8. The quantitative estimate of drug-likeness (QED) is 0.334. The number of rotatable bonds is 9. The van der Waals surface area contributed by atoms with Crippen molar-refractivity contribution in [2.24, 2.45) is 5.92 Å². The monoisotopic (exact) mass is 464 g/mol. The smallest absolute Gasteiger partial charge is 0.295 e. The molecular formula is C28H36N2O4. The average molecular weight is 465 g/mol. The highest BCUT2D eigenvalue weighted by Gasteiger charge is 2.45. The van der Waals surface area contributed by atoms with Gasteiger partial charge in [-0.05, 0) is 68.2 Å². The van der Waals surface area contributed by atoms with Crippen LogP contribution in [0.25, 0.3) is 5.76 Å². The van der Waals surface area contributed by atoms with Crippen molar-refractivity contribution in [2.75, 3.05) is 33.8 Å².